The molecule has 2 aliphatic rings. The van der Waals surface area contributed by atoms with E-state index in [1.807, 2.05) is 0 Å². The quantitative estimate of drug-likeness (QED) is 0.725. The number of hydrogen-bond donors (Lipinski definition) is 0. The molecule has 1 aliphatic carbocycles. The van der Waals surface area contributed by atoms with Crippen LogP contribution in [0, 0.1) is 11.8 Å². The van der Waals surface area contributed by atoms with Crippen LogP contribution in [0.1, 0.15) is 66.7 Å². The summed E-state index contributed by atoms with van der Waals surface area (Å²) in [7, 11) is -6.41. The van der Waals surface area contributed by atoms with Gasteiger partial charge in [0.1, 0.15) is 0 Å². The van der Waals surface area contributed by atoms with E-state index < -0.39 is 99.3 Å². The first-order valence-corrected chi connectivity index (χ1v) is 8.35. The zero-order valence-electron chi connectivity index (χ0n) is 33.5. The number of piperidine rings is 1. The molecule has 1 fully saturated rings. The lowest BCUT2D eigenvalue weighted by atomic mass is 9.85. The van der Waals surface area contributed by atoms with Crippen molar-refractivity contribution in [2.24, 2.45) is 11.8 Å². The van der Waals surface area contributed by atoms with E-state index in [9.17, 15) is 4.79 Å². The summed E-state index contributed by atoms with van der Waals surface area (Å²) in [6, 6.07) is 7.82. The number of nitrogens with zero attached hydrogens (tertiary/aromatic N) is 1. The molecule has 1 saturated heterocycles. The van der Waals surface area contributed by atoms with Crippen molar-refractivity contribution in [3.63, 3.8) is 0 Å². The average molecular weight is 399 g/mol. The first-order chi connectivity index (χ1) is 20.9. The molecule has 0 spiro atoms. The molecule has 0 saturated carbocycles. The van der Waals surface area contributed by atoms with Gasteiger partial charge in [0, 0.05) is 35.8 Å². The average Bonchev–Trinajstić information content (AvgIpc) is 3.05. The monoisotopic (exact) mass is 398 g/mol. The van der Waals surface area contributed by atoms with Gasteiger partial charge >= 0.3 is 0 Å². The maximum atomic E-state index is 13.7. The van der Waals surface area contributed by atoms with E-state index in [1.54, 1.807) is 0 Å². The van der Waals surface area contributed by atoms with Crippen molar-refractivity contribution in [3.05, 3.63) is 59.2 Å². The normalized spacial score (nSPS) is 41.8. The molecule has 1 aliphatic heterocycles. The van der Waals surface area contributed by atoms with Crippen LogP contribution < -0.4 is 9.47 Å². The number of rotatable bonds is 6. The molecular weight excluding hydrogens is 350 g/mol. The lowest BCUT2D eigenvalue weighted by molar-refractivity contribution is 0.0895. The summed E-state index contributed by atoms with van der Waals surface area (Å²) in [4.78, 5) is 13.4. The SMILES string of the molecule is [2H]C([2H])([2H])Oc1cc2c(cc1OC([2H])([2H])[2H])C([2H])([2H])C(CC1([2H])C([2H])([2H])C([2H])([2H])N(C([2H])([2H])c3ccccc3)C([2H])([2H])C1([2H])[2H])C2=O. The highest BCUT2D eigenvalue weighted by Gasteiger charge is 2.34. The van der Waals surface area contributed by atoms with Crippen LogP contribution in [0.25, 0.3) is 0 Å². The Morgan fingerprint density at radius 1 is 1.18 bits per heavy atom. The van der Waals surface area contributed by atoms with Gasteiger partial charge in [-0.2, -0.15) is 0 Å². The van der Waals surface area contributed by atoms with Gasteiger partial charge in [-0.05, 0) is 67.7 Å². The van der Waals surface area contributed by atoms with E-state index in [4.69, 9.17) is 35.5 Å². The van der Waals surface area contributed by atoms with Crippen LogP contribution in [0.3, 0.4) is 0 Å². The van der Waals surface area contributed by atoms with Crippen LogP contribution in [-0.4, -0.2) is 37.8 Å². The number of carbonyl (C=O) groups is 1. The van der Waals surface area contributed by atoms with Crippen molar-refractivity contribution in [1.82, 2.24) is 4.90 Å². The number of ketones is 1. The van der Waals surface area contributed by atoms with E-state index in [-0.39, 0.29) is 10.5 Å². The highest BCUT2D eigenvalue weighted by molar-refractivity contribution is 6.02. The van der Waals surface area contributed by atoms with Crippen LogP contribution in [0.4, 0.5) is 0 Å². The molecule has 1 heterocycles. The second-order valence-electron chi connectivity index (χ2n) is 6.08. The molecule has 28 heavy (non-hydrogen) atoms. The summed E-state index contributed by atoms with van der Waals surface area (Å²) in [5.41, 5.74) is -1.58. The smallest absolute Gasteiger partial charge is 0.166 e. The van der Waals surface area contributed by atoms with Crippen molar-refractivity contribution < 1.29 is 40.3 Å². The first-order valence-electron chi connectivity index (χ1n) is 17.8. The summed E-state index contributed by atoms with van der Waals surface area (Å²) in [5.74, 6) is -8.73. The topological polar surface area (TPSA) is 38.8 Å². The Hall–Kier alpha value is -2.33. The molecule has 0 N–H and O–H groups in total. The number of likely N-dealkylation sites (tertiary alicyclic amines) is 1. The number of Topliss-reactive ketones (excluding diaryl/α,β-unsaturated/α-hetero) is 1. The van der Waals surface area contributed by atoms with Crippen LogP contribution in [0.15, 0.2) is 42.5 Å². The fourth-order valence-corrected chi connectivity index (χ4v) is 2.94. The van der Waals surface area contributed by atoms with Gasteiger partial charge < -0.3 is 9.47 Å². The van der Waals surface area contributed by atoms with E-state index in [2.05, 4.69) is 0 Å². The van der Waals surface area contributed by atoms with Gasteiger partial charge in [0.05, 0.1) is 22.3 Å². The molecular formula is C24H29NO3. The van der Waals surface area contributed by atoms with Crippen LogP contribution >= 0.6 is 0 Å². The van der Waals surface area contributed by atoms with Gasteiger partial charge in [0.25, 0.3) is 0 Å². The highest BCUT2D eigenvalue weighted by Crippen LogP contribution is 2.39. The van der Waals surface area contributed by atoms with E-state index in [0.29, 0.717) is 12.1 Å². The molecule has 1 unspecified atom stereocenters. The molecule has 0 radical (unpaired) electrons. The van der Waals surface area contributed by atoms with Crippen molar-refractivity contribution in [1.29, 1.82) is 0 Å². The van der Waals surface area contributed by atoms with Crippen LogP contribution in [0.5, 0.6) is 11.5 Å². The Balaban J connectivity index is 1.87. The molecule has 4 nitrogen and oxygen atoms in total. The second-order valence-corrected chi connectivity index (χ2v) is 6.08. The molecule has 2 aromatic rings. The molecule has 4 heteroatoms. The molecule has 1 atom stereocenters. The van der Waals surface area contributed by atoms with Gasteiger partial charge in [-0.1, -0.05) is 30.3 Å². The fourth-order valence-electron chi connectivity index (χ4n) is 2.94. The van der Waals surface area contributed by atoms with Gasteiger partial charge in [-0.3, -0.25) is 9.69 Å². The van der Waals surface area contributed by atoms with Crippen molar-refractivity contribution in [2.45, 2.75) is 32.0 Å². The van der Waals surface area contributed by atoms with E-state index in [0.717, 1.165) is 12.1 Å². The lowest BCUT2D eigenvalue weighted by Gasteiger charge is -2.32. The summed E-state index contributed by atoms with van der Waals surface area (Å²) in [5, 5.41) is 0. The number of benzene rings is 2. The van der Waals surface area contributed by atoms with Gasteiger partial charge in [-0.15, -0.1) is 0 Å². The predicted molar refractivity (Wildman–Crippen MR) is 110 cm³/mol. The number of fused-ring (bicyclic) bond motifs is 1. The van der Waals surface area contributed by atoms with Crippen molar-refractivity contribution in [2.75, 3.05) is 27.1 Å². The van der Waals surface area contributed by atoms with Gasteiger partial charge in [-0.25, -0.2) is 0 Å². The van der Waals surface area contributed by atoms with Crippen molar-refractivity contribution >= 4 is 5.78 Å². The Morgan fingerprint density at radius 2 is 1.89 bits per heavy atom. The van der Waals surface area contributed by atoms with E-state index >= 15 is 0 Å². The molecule has 0 aromatic heterocycles. The van der Waals surface area contributed by atoms with Gasteiger partial charge in [0.15, 0.2) is 17.3 Å². The third-order valence-corrected chi connectivity index (χ3v) is 4.28. The van der Waals surface area contributed by atoms with Crippen LogP contribution in [0.2, 0.25) is 0 Å². The third-order valence-electron chi connectivity index (χ3n) is 4.28. The first kappa shape index (κ1) is 6.88. The predicted octanol–water partition coefficient (Wildman–Crippen LogP) is 4.36. The largest absolute Gasteiger partial charge is 0.493 e. The Labute approximate surface area is 194 Å². The summed E-state index contributed by atoms with van der Waals surface area (Å²) < 4.78 is 168. The fraction of sp³-hybridized carbons (Fsp3) is 0.458. The highest BCUT2D eigenvalue weighted by atomic mass is 16.5. The Kier molecular flexibility index (Phi) is 2.05. The summed E-state index contributed by atoms with van der Waals surface area (Å²) in [6.07, 6.45) is -12.2. The van der Waals surface area contributed by atoms with E-state index in [1.165, 1.54) is 18.2 Å². The second kappa shape index (κ2) is 8.36. The minimum absolute atomic E-state index is 0.272. The standard InChI is InChI=1S/C24H29NO3/c1-27-22-14-19-13-20(24(26)21(19)15-23(22)28-2)12-17-8-10-25(11-9-17)16-18-6-4-3-5-7-18/h3-7,14-15,17,20H,8-13,16H2,1-2H3/i1D3,2D3,8D2,9D2,10D2,11D2,13D2,16D2,17D. The third kappa shape index (κ3) is 3.93. The zero-order valence-corrected chi connectivity index (χ0v) is 14.5. The number of ether oxygens (including phenoxy) is 2. The molecule has 148 valence electrons. The Bertz CT molecular complexity index is 1520. The molecule has 4 rings (SSSR count). The maximum absolute atomic E-state index is 13.7. The molecule has 0 amide bonds. The number of hydrogen-bond acceptors (Lipinski definition) is 4. The Morgan fingerprint density at radius 3 is 2.61 bits per heavy atom. The number of carbonyl (C=O) groups excluding carboxylic acids is 1. The van der Waals surface area contributed by atoms with Crippen molar-refractivity contribution in [3.8, 4) is 11.5 Å². The minimum Gasteiger partial charge on any atom is -0.493 e. The lowest BCUT2D eigenvalue weighted by Crippen LogP contribution is -2.34. The maximum Gasteiger partial charge on any atom is 0.166 e. The van der Waals surface area contributed by atoms with Crippen LogP contribution in [-0.2, 0) is 12.9 Å². The summed E-state index contributed by atoms with van der Waals surface area (Å²) >= 11 is 0. The molecule has 0 bridgehead atoms. The zero-order chi connectivity index (χ0) is 36.2. The molecule has 2 aromatic carbocycles. The summed E-state index contributed by atoms with van der Waals surface area (Å²) in [6.45, 7) is -10.8. The number of methoxy groups -OCH3 is 2. The van der Waals surface area contributed by atoms with Gasteiger partial charge in [0.2, 0.25) is 0 Å². The minimum atomic E-state index is -3.85.